The molecule has 1 aliphatic rings. The van der Waals surface area contributed by atoms with Crippen LogP contribution in [0.2, 0.25) is 0 Å². The number of Topliss-reactive ketones (excluding diaryl/α,β-unsaturated/α-hetero) is 1. The molecule has 0 aromatic heterocycles. The van der Waals surface area contributed by atoms with Gasteiger partial charge in [0.25, 0.3) is 0 Å². The summed E-state index contributed by atoms with van der Waals surface area (Å²) < 4.78 is 1.11. The fourth-order valence-corrected chi connectivity index (χ4v) is 2.38. The summed E-state index contributed by atoms with van der Waals surface area (Å²) in [6, 6.07) is 8.83. The van der Waals surface area contributed by atoms with E-state index in [1.807, 2.05) is 0 Å². The number of ketones is 1. The van der Waals surface area contributed by atoms with Crippen LogP contribution in [0, 0.1) is 0 Å². The molecule has 0 bridgehead atoms. The predicted molar refractivity (Wildman–Crippen MR) is 68.4 cm³/mol. The summed E-state index contributed by atoms with van der Waals surface area (Å²) in [5, 5.41) is 0. The number of nitrogens with zero attached hydrogens (tertiary/aromatic N) is 1. The summed E-state index contributed by atoms with van der Waals surface area (Å²) >= 11 is 3.44. The van der Waals surface area contributed by atoms with Crippen LogP contribution in [0.25, 0.3) is 0 Å². The number of hydrogen-bond acceptors (Lipinski definition) is 2. The third-order valence-electron chi connectivity index (χ3n) is 3.26. The van der Waals surface area contributed by atoms with Crippen LogP contribution in [0.5, 0.6) is 0 Å². The zero-order valence-corrected chi connectivity index (χ0v) is 11.0. The molecular formula is C13H16BrNO. The third-order valence-corrected chi connectivity index (χ3v) is 3.78. The van der Waals surface area contributed by atoms with Gasteiger partial charge in [0.05, 0.1) is 0 Å². The Labute approximate surface area is 105 Å². The molecule has 1 aromatic rings. The molecule has 0 unspecified atom stereocenters. The fraction of sp³-hybridized carbons (Fsp3) is 0.462. The lowest BCUT2D eigenvalue weighted by Gasteiger charge is -2.32. The molecule has 2 nitrogen and oxygen atoms in total. The van der Waals surface area contributed by atoms with Crippen molar-refractivity contribution in [2.75, 3.05) is 13.1 Å². The number of likely N-dealkylation sites (tertiary alicyclic amines) is 1. The lowest BCUT2D eigenvalue weighted by molar-refractivity contribution is -0.121. The molecule has 1 aromatic carbocycles. The van der Waals surface area contributed by atoms with Gasteiger partial charge in [-0.25, -0.2) is 0 Å². The van der Waals surface area contributed by atoms with E-state index < -0.39 is 0 Å². The average molecular weight is 282 g/mol. The van der Waals surface area contributed by atoms with Gasteiger partial charge in [0.15, 0.2) is 0 Å². The van der Waals surface area contributed by atoms with Gasteiger partial charge in [0, 0.05) is 36.4 Å². The number of benzene rings is 1. The second-order valence-electron chi connectivity index (χ2n) is 4.30. The van der Waals surface area contributed by atoms with Gasteiger partial charge in [-0.15, -0.1) is 0 Å². The summed E-state index contributed by atoms with van der Waals surface area (Å²) in [6.07, 6.45) is 1.42. The highest BCUT2D eigenvalue weighted by Gasteiger charge is 2.21. The Morgan fingerprint density at radius 3 is 2.31 bits per heavy atom. The van der Waals surface area contributed by atoms with Gasteiger partial charge in [-0.2, -0.15) is 0 Å². The maximum Gasteiger partial charge on any atom is 0.135 e. The molecule has 16 heavy (non-hydrogen) atoms. The quantitative estimate of drug-likeness (QED) is 0.830. The number of rotatable bonds is 2. The molecular weight excluding hydrogens is 266 g/mol. The Morgan fingerprint density at radius 1 is 1.19 bits per heavy atom. The van der Waals surface area contributed by atoms with Crippen molar-refractivity contribution in [1.82, 2.24) is 4.90 Å². The third kappa shape index (κ3) is 2.71. The van der Waals surface area contributed by atoms with E-state index in [4.69, 9.17) is 0 Å². The van der Waals surface area contributed by atoms with E-state index in [1.165, 1.54) is 5.56 Å². The van der Waals surface area contributed by atoms with Gasteiger partial charge >= 0.3 is 0 Å². The molecule has 0 N–H and O–H groups in total. The summed E-state index contributed by atoms with van der Waals surface area (Å²) in [6.45, 7) is 4.01. The fourth-order valence-electron chi connectivity index (χ4n) is 2.11. The van der Waals surface area contributed by atoms with Crippen molar-refractivity contribution in [3.8, 4) is 0 Å². The van der Waals surface area contributed by atoms with Crippen molar-refractivity contribution in [1.29, 1.82) is 0 Å². The molecule has 1 heterocycles. The van der Waals surface area contributed by atoms with Crippen molar-refractivity contribution < 1.29 is 4.79 Å². The first-order valence-electron chi connectivity index (χ1n) is 5.68. The van der Waals surface area contributed by atoms with E-state index >= 15 is 0 Å². The van der Waals surface area contributed by atoms with Crippen LogP contribution >= 0.6 is 15.9 Å². The first-order valence-corrected chi connectivity index (χ1v) is 6.47. The van der Waals surface area contributed by atoms with E-state index in [-0.39, 0.29) is 0 Å². The highest BCUT2D eigenvalue weighted by Crippen LogP contribution is 2.24. The van der Waals surface area contributed by atoms with Crippen molar-refractivity contribution in [2.24, 2.45) is 0 Å². The first-order chi connectivity index (χ1) is 7.66. The lowest BCUT2D eigenvalue weighted by atomic mass is 10.0. The minimum absolute atomic E-state index is 0.402. The Bertz CT molecular complexity index is 364. The van der Waals surface area contributed by atoms with Crippen LogP contribution in [0.3, 0.4) is 0 Å². The van der Waals surface area contributed by atoms with Crippen molar-refractivity contribution in [3.63, 3.8) is 0 Å². The number of carbonyl (C=O) groups is 1. The normalized spacial score (nSPS) is 19.8. The maximum absolute atomic E-state index is 11.2. The smallest absolute Gasteiger partial charge is 0.135 e. The van der Waals surface area contributed by atoms with Crippen molar-refractivity contribution >= 4 is 21.7 Å². The highest BCUT2D eigenvalue weighted by atomic mass is 79.9. The zero-order chi connectivity index (χ0) is 11.5. The average Bonchev–Trinajstić information content (AvgIpc) is 2.30. The largest absolute Gasteiger partial charge is 0.300 e. The van der Waals surface area contributed by atoms with Crippen LogP contribution in [0.15, 0.2) is 28.7 Å². The molecule has 1 saturated heterocycles. The predicted octanol–water partition coefficient (Wildman–Crippen LogP) is 3.18. The van der Waals surface area contributed by atoms with Crippen molar-refractivity contribution in [2.45, 2.75) is 25.8 Å². The minimum Gasteiger partial charge on any atom is -0.300 e. The molecule has 0 spiro atoms. The highest BCUT2D eigenvalue weighted by molar-refractivity contribution is 9.10. The van der Waals surface area contributed by atoms with Gasteiger partial charge in [-0.1, -0.05) is 28.1 Å². The second kappa shape index (κ2) is 5.11. The van der Waals surface area contributed by atoms with E-state index in [9.17, 15) is 4.79 Å². The molecule has 2 rings (SSSR count). The zero-order valence-electron chi connectivity index (χ0n) is 9.45. The number of carbonyl (C=O) groups excluding carboxylic acids is 1. The molecule has 1 atom stereocenters. The van der Waals surface area contributed by atoms with Gasteiger partial charge < -0.3 is 0 Å². The Balaban J connectivity index is 2.04. The van der Waals surface area contributed by atoms with Gasteiger partial charge in [0.2, 0.25) is 0 Å². The molecule has 3 heteroatoms. The first kappa shape index (κ1) is 11.8. The molecule has 0 aliphatic carbocycles. The van der Waals surface area contributed by atoms with E-state index in [0.29, 0.717) is 24.7 Å². The molecule has 0 saturated carbocycles. The van der Waals surface area contributed by atoms with Crippen LogP contribution in [-0.4, -0.2) is 23.8 Å². The standard InChI is InChI=1S/C13H16BrNO/c1-10(11-2-4-12(14)5-3-11)15-8-6-13(16)7-9-15/h2-5,10H,6-9H2,1H3/t10-/m1/s1. The molecule has 1 fully saturated rings. The lowest BCUT2D eigenvalue weighted by Crippen LogP contribution is -2.35. The molecule has 1 aliphatic heterocycles. The van der Waals surface area contributed by atoms with Crippen LogP contribution in [0.4, 0.5) is 0 Å². The minimum atomic E-state index is 0.402. The Kier molecular flexibility index (Phi) is 3.77. The SMILES string of the molecule is C[C@H](c1ccc(Br)cc1)N1CCC(=O)CC1. The van der Waals surface area contributed by atoms with Crippen LogP contribution < -0.4 is 0 Å². The van der Waals surface area contributed by atoms with E-state index in [1.54, 1.807) is 0 Å². The summed E-state index contributed by atoms with van der Waals surface area (Å²) in [5.41, 5.74) is 1.32. The number of piperidine rings is 1. The summed E-state index contributed by atoms with van der Waals surface area (Å²) in [5.74, 6) is 0.402. The monoisotopic (exact) mass is 281 g/mol. The molecule has 0 radical (unpaired) electrons. The maximum atomic E-state index is 11.2. The van der Waals surface area contributed by atoms with Gasteiger partial charge in [0.1, 0.15) is 5.78 Å². The van der Waals surface area contributed by atoms with Crippen LogP contribution in [-0.2, 0) is 4.79 Å². The summed E-state index contributed by atoms with van der Waals surface area (Å²) in [4.78, 5) is 13.6. The Hall–Kier alpha value is -0.670. The number of hydrogen-bond donors (Lipinski definition) is 0. The van der Waals surface area contributed by atoms with Gasteiger partial charge in [-0.05, 0) is 24.6 Å². The van der Waals surface area contributed by atoms with E-state index in [2.05, 4.69) is 52.0 Å². The summed E-state index contributed by atoms with van der Waals surface area (Å²) in [7, 11) is 0. The molecule has 86 valence electrons. The van der Waals surface area contributed by atoms with Gasteiger partial charge in [-0.3, -0.25) is 9.69 Å². The Morgan fingerprint density at radius 2 is 1.75 bits per heavy atom. The van der Waals surface area contributed by atoms with Crippen LogP contribution in [0.1, 0.15) is 31.4 Å². The topological polar surface area (TPSA) is 20.3 Å². The van der Waals surface area contributed by atoms with E-state index in [0.717, 1.165) is 17.6 Å². The van der Waals surface area contributed by atoms with Crippen molar-refractivity contribution in [3.05, 3.63) is 34.3 Å². The number of halogens is 1. The second-order valence-corrected chi connectivity index (χ2v) is 5.22. The molecule has 0 amide bonds.